The highest BCUT2D eigenvalue weighted by Crippen LogP contribution is 2.28. The molecule has 0 amide bonds. The van der Waals surface area contributed by atoms with Crippen molar-refractivity contribution in [2.24, 2.45) is 0 Å². The number of hydrogen-bond donors (Lipinski definition) is 1. The van der Waals surface area contributed by atoms with Gasteiger partial charge in [0.05, 0.1) is 18.0 Å². The van der Waals surface area contributed by atoms with Crippen molar-refractivity contribution in [3.05, 3.63) is 95.6 Å². The van der Waals surface area contributed by atoms with E-state index >= 15 is 0 Å². The summed E-state index contributed by atoms with van der Waals surface area (Å²) in [5, 5.41) is 7.77. The topological polar surface area (TPSA) is 56.3 Å². The minimum Gasteiger partial charge on any atom is -0.439 e. The molecule has 29 heavy (non-hydrogen) atoms. The van der Waals surface area contributed by atoms with E-state index < -0.39 is 0 Å². The minimum absolute atomic E-state index is 0.569. The van der Waals surface area contributed by atoms with Gasteiger partial charge in [0.1, 0.15) is 11.6 Å². The first-order chi connectivity index (χ1) is 14.1. The van der Waals surface area contributed by atoms with E-state index in [0.717, 1.165) is 22.6 Å². The zero-order valence-corrected chi connectivity index (χ0v) is 16.1. The van der Waals surface area contributed by atoms with Crippen LogP contribution in [0, 0.1) is 20.4 Å². The van der Waals surface area contributed by atoms with Crippen molar-refractivity contribution in [1.29, 1.82) is 0 Å². The number of nitrogens with one attached hydrogen (secondary N) is 1. The summed E-state index contributed by atoms with van der Waals surface area (Å²) in [5.74, 6) is 1.89. The summed E-state index contributed by atoms with van der Waals surface area (Å²) in [6.45, 7) is 11.1. The molecule has 0 atom stereocenters. The minimum atomic E-state index is 0.569. The van der Waals surface area contributed by atoms with Crippen LogP contribution in [-0.4, -0.2) is 14.8 Å². The number of rotatable bonds is 5. The molecule has 1 N–H and O–H groups in total. The van der Waals surface area contributed by atoms with Crippen LogP contribution in [0.1, 0.15) is 11.3 Å². The van der Waals surface area contributed by atoms with Crippen LogP contribution >= 0.6 is 0 Å². The van der Waals surface area contributed by atoms with Crippen molar-refractivity contribution in [3.8, 4) is 17.3 Å². The molecule has 0 aliphatic heterocycles. The molecule has 0 unspecified atom stereocenters. The van der Waals surface area contributed by atoms with E-state index in [2.05, 4.69) is 26.3 Å². The van der Waals surface area contributed by atoms with Crippen molar-refractivity contribution < 1.29 is 4.74 Å². The Morgan fingerprint density at radius 2 is 1.86 bits per heavy atom. The fourth-order valence-electron chi connectivity index (χ4n) is 2.96. The van der Waals surface area contributed by atoms with Gasteiger partial charge in [-0.2, -0.15) is 5.10 Å². The van der Waals surface area contributed by atoms with Gasteiger partial charge in [-0.05, 0) is 49.7 Å². The number of nitrogens with zero attached hydrogens (tertiary/aromatic N) is 4. The Morgan fingerprint density at radius 1 is 1.00 bits per heavy atom. The number of aromatic nitrogens is 3. The number of ether oxygens (including phenoxy) is 1. The van der Waals surface area contributed by atoms with Gasteiger partial charge in [-0.15, -0.1) is 0 Å². The third-order valence-electron chi connectivity index (χ3n) is 4.25. The number of aryl methyl sites for hydroxylation is 2. The van der Waals surface area contributed by atoms with Crippen LogP contribution in [0.15, 0.2) is 72.9 Å². The van der Waals surface area contributed by atoms with Crippen LogP contribution in [-0.2, 0) is 0 Å². The van der Waals surface area contributed by atoms with Gasteiger partial charge in [0, 0.05) is 24.0 Å². The molecule has 6 nitrogen and oxygen atoms in total. The Morgan fingerprint density at radius 3 is 2.69 bits per heavy atom. The summed E-state index contributed by atoms with van der Waals surface area (Å²) in [5.41, 5.74) is 4.32. The zero-order valence-electron chi connectivity index (χ0n) is 16.1. The van der Waals surface area contributed by atoms with Crippen LogP contribution in [0.5, 0.6) is 11.6 Å². The molecule has 0 bridgehead atoms. The van der Waals surface area contributed by atoms with Crippen LogP contribution in [0.3, 0.4) is 0 Å². The molecule has 0 saturated carbocycles. The van der Waals surface area contributed by atoms with Gasteiger partial charge in [-0.1, -0.05) is 24.3 Å². The van der Waals surface area contributed by atoms with Crippen LogP contribution in [0.25, 0.3) is 10.5 Å². The van der Waals surface area contributed by atoms with Gasteiger partial charge in [0.2, 0.25) is 5.88 Å². The van der Waals surface area contributed by atoms with Crippen LogP contribution in [0.2, 0.25) is 0 Å². The molecule has 2 aromatic heterocycles. The fourth-order valence-corrected chi connectivity index (χ4v) is 2.96. The Bertz CT molecular complexity index is 1210. The predicted octanol–water partition coefficient (Wildman–Crippen LogP) is 5.97. The molecule has 0 spiro atoms. The number of anilines is 2. The first kappa shape index (κ1) is 18.3. The molecule has 2 heterocycles. The first-order valence-electron chi connectivity index (χ1n) is 9.13. The third-order valence-corrected chi connectivity index (χ3v) is 4.25. The van der Waals surface area contributed by atoms with Crippen molar-refractivity contribution in [2.75, 3.05) is 5.32 Å². The van der Waals surface area contributed by atoms with Gasteiger partial charge in [-0.25, -0.2) is 14.5 Å². The molecular formula is C23H19N5O. The number of hydrogen-bond acceptors (Lipinski definition) is 4. The van der Waals surface area contributed by atoms with E-state index in [-0.39, 0.29) is 0 Å². The molecule has 4 rings (SSSR count). The van der Waals surface area contributed by atoms with Gasteiger partial charge < -0.3 is 10.1 Å². The van der Waals surface area contributed by atoms with Crippen LogP contribution in [0.4, 0.5) is 17.2 Å². The lowest BCUT2D eigenvalue weighted by atomic mass is 10.2. The summed E-state index contributed by atoms with van der Waals surface area (Å²) in [6.07, 6.45) is 1.68. The van der Waals surface area contributed by atoms with Crippen LogP contribution < -0.4 is 10.1 Å². The SMILES string of the molecule is [C-]#[N+]c1cccc(Nc2cc(Oc3cc(C)nn3-c3cccc(C)c3)ccn2)c1. The zero-order chi connectivity index (χ0) is 20.2. The van der Waals surface area contributed by atoms with E-state index in [4.69, 9.17) is 11.3 Å². The molecule has 142 valence electrons. The molecular weight excluding hydrogens is 362 g/mol. The Balaban J connectivity index is 1.60. The maximum Gasteiger partial charge on any atom is 0.222 e. The monoisotopic (exact) mass is 381 g/mol. The number of benzene rings is 2. The fraction of sp³-hybridized carbons (Fsp3) is 0.0870. The maximum atomic E-state index is 7.14. The average molecular weight is 381 g/mol. The average Bonchev–Trinajstić information content (AvgIpc) is 3.08. The van der Waals surface area contributed by atoms with Gasteiger partial charge in [0.25, 0.3) is 0 Å². The summed E-state index contributed by atoms with van der Waals surface area (Å²) in [4.78, 5) is 7.79. The highest BCUT2D eigenvalue weighted by Gasteiger charge is 2.11. The largest absolute Gasteiger partial charge is 0.439 e. The van der Waals surface area contributed by atoms with Gasteiger partial charge >= 0.3 is 0 Å². The first-order valence-corrected chi connectivity index (χ1v) is 9.13. The normalized spacial score (nSPS) is 10.4. The lowest BCUT2D eigenvalue weighted by Crippen LogP contribution is -2.00. The lowest BCUT2D eigenvalue weighted by Gasteiger charge is -2.11. The number of pyridine rings is 1. The van der Waals surface area contributed by atoms with E-state index in [1.165, 1.54) is 0 Å². The second kappa shape index (κ2) is 7.87. The van der Waals surface area contributed by atoms with Crippen molar-refractivity contribution in [2.45, 2.75) is 13.8 Å². The molecule has 0 aliphatic carbocycles. The maximum absolute atomic E-state index is 7.14. The van der Waals surface area contributed by atoms with Crippen molar-refractivity contribution in [1.82, 2.24) is 14.8 Å². The molecule has 4 aromatic rings. The standard InChI is InChI=1S/C23H19N5O/c1-16-6-4-9-20(12-16)28-23(13-17(2)27-28)29-21-10-11-25-22(15-21)26-19-8-5-7-18(14-19)24-3/h4-15H,1-2H3,(H,25,26). The van der Waals surface area contributed by atoms with Crippen molar-refractivity contribution in [3.63, 3.8) is 0 Å². The van der Waals surface area contributed by atoms with E-state index in [1.807, 2.05) is 56.3 Å². The lowest BCUT2D eigenvalue weighted by molar-refractivity contribution is 0.444. The molecule has 0 radical (unpaired) electrons. The summed E-state index contributed by atoms with van der Waals surface area (Å²) < 4.78 is 7.91. The van der Waals surface area contributed by atoms with Gasteiger partial charge in [-0.3, -0.25) is 0 Å². The third kappa shape index (κ3) is 4.25. The molecule has 0 saturated heterocycles. The van der Waals surface area contributed by atoms with Gasteiger partial charge in [0.15, 0.2) is 5.69 Å². The molecule has 2 aromatic carbocycles. The smallest absolute Gasteiger partial charge is 0.222 e. The Kier molecular flexibility index (Phi) is 4.95. The van der Waals surface area contributed by atoms with E-state index in [0.29, 0.717) is 23.1 Å². The Hall–Kier alpha value is -4.11. The Labute approximate surface area is 169 Å². The predicted molar refractivity (Wildman–Crippen MR) is 113 cm³/mol. The summed E-state index contributed by atoms with van der Waals surface area (Å²) in [7, 11) is 0. The highest BCUT2D eigenvalue weighted by molar-refractivity contribution is 5.63. The molecule has 0 fully saturated rings. The quantitative estimate of drug-likeness (QED) is 0.433. The highest BCUT2D eigenvalue weighted by atomic mass is 16.5. The van der Waals surface area contributed by atoms with E-state index in [1.54, 1.807) is 29.1 Å². The molecule has 6 heteroatoms. The van der Waals surface area contributed by atoms with E-state index in [9.17, 15) is 0 Å². The molecule has 0 aliphatic rings. The van der Waals surface area contributed by atoms with Crippen molar-refractivity contribution >= 4 is 17.2 Å². The summed E-state index contributed by atoms with van der Waals surface area (Å²) >= 11 is 0. The summed E-state index contributed by atoms with van der Waals surface area (Å²) in [6, 6.07) is 20.9. The second-order valence-electron chi connectivity index (χ2n) is 6.64. The second-order valence-corrected chi connectivity index (χ2v) is 6.64.